The topological polar surface area (TPSA) is 47.7 Å². The predicted molar refractivity (Wildman–Crippen MR) is 72.6 cm³/mol. The lowest BCUT2D eigenvalue weighted by Crippen LogP contribution is -2.42. The molecule has 4 nitrogen and oxygen atoms in total. The summed E-state index contributed by atoms with van der Waals surface area (Å²) in [6.45, 7) is 5.87. The summed E-state index contributed by atoms with van der Waals surface area (Å²) >= 11 is 0. The largest absolute Gasteiger partial charge is 0.383 e. The van der Waals surface area contributed by atoms with Gasteiger partial charge in [0, 0.05) is 32.8 Å². The molecular weight excluding hydrogens is 228 g/mol. The van der Waals surface area contributed by atoms with Crippen LogP contribution in [0.15, 0.2) is 0 Å². The highest BCUT2D eigenvalue weighted by atomic mass is 16.5. The molecule has 1 saturated carbocycles. The van der Waals surface area contributed by atoms with Crippen molar-refractivity contribution in [1.82, 2.24) is 4.90 Å². The maximum Gasteiger partial charge on any atom is 0.0707 e. The molecule has 1 saturated heterocycles. The Morgan fingerprint density at radius 2 is 2.00 bits per heavy atom. The second-order valence-electron chi connectivity index (χ2n) is 5.76. The third kappa shape index (κ3) is 3.92. The molecule has 2 aliphatic rings. The molecule has 0 aromatic carbocycles. The van der Waals surface area contributed by atoms with Crippen LogP contribution in [-0.4, -0.2) is 56.5 Å². The van der Waals surface area contributed by atoms with Crippen LogP contribution in [0.5, 0.6) is 0 Å². The van der Waals surface area contributed by atoms with Crippen molar-refractivity contribution in [2.45, 2.75) is 50.9 Å². The summed E-state index contributed by atoms with van der Waals surface area (Å²) in [7, 11) is 1.77. The lowest BCUT2D eigenvalue weighted by atomic mass is 10.1. The summed E-state index contributed by atoms with van der Waals surface area (Å²) in [5, 5.41) is 0. The molecule has 2 rings (SSSR count). The molecule has 0 radical (unpaired) electrons. The summed E-state index contributed by atoms with van der Waals surface area (Å²) in [6, 6.07) is 0.667. The van der Waals surface area contributed by atoms with Crippen LogP contribution in [0.3, 0.4) is 0 Å². The standard InChI is InChI=1S/C14H28N2O2/c1-11(12-3-4-12)16(7-8-17-2)10-14-6-5-13(9-15)18-14/h11-14H,3-10,15H2,1-2H3. The van der Waals surface area contributed by atoms with Gasteiger partial charge < -0.3 is 15.2 Å². The zero-order valence-corrected chi connectivity index (χ0v) is 11.8. The van der Waals surface area contributed by atoms with E-state index in [-0.39, 0.29) is 6.10 Å². The fourth-order valence-corrected chi connectivity index (χ4v) is 2.90. The number of hydrogen-bond acceptors (Lipinski definition) is 4. The second-order valence-corrected chi connectivity index (χ2v) is 5.76. The van der Waals surface area contributed by atoms with E-state index in [2.05, 4.69) is 11.8 Å². The van der Waals surface area contributed by atoms with Gasteiger partial charge in [-0.3, -0.25) is 4.90 Å². The number of methoxy groups -OCH3 is 1. The van der Waals surface area contributed by atoms with Crippen molar-refractivity contribution in [3.05, 3.63) is 0 Å². The first-order valence-corrected chi connectivity index (χ1v) is 7.33. The van der Waals surface area contributed by atoms with Gasteiger partial charge in [0.2, 0.25) is 0 Å². The Bertz CT molecular complexity index is 246. The Morgan fingerprint density at radius 3 is 2.56 bits per heavy atom. The molecule has 3 unspecified atom stereocenters. The average molecular weight is 256 g/mol. The molecule has 4 heteroatoms. The smallest absolute Gasteiger partial charge is 0.0707 e. The minimum absolute atomic E-state index is 0.288. The van der Waals surface area contributed by atoms with E-state index in [0.29, 0.717) is 18.7 Å². The first kappa shape index (κ1) is 14.3. The molecule has 0 amide bonds. The fourth-order valence-electron chi connectivity index (χ4n) is 2.90. The highest BCUT2D eigenvalue weighted by molar-refractivity contribution is 4.87. The van der Waals surface area contributed by atoms with E-state index in [4.69, 9.17) is 15.2 Å². The van der Waals surface area contributed by atoms with E-state index in [1.807, 2.05) is 0 Å². The molecule has 106 valence electrons. The van der Waals surface area contributed by atoms with E-state index in [1.165, 1.54) is 12.8 Å². The van der Waals surface area contributed by atoms with Gasteiger partial charge in [-0.1, -0.05) is 0 Å². The van der Waals surface area contributed by atoms with E-state index < -0.39 is 0 Å². The van der Waals surface area contributed by atoms with Gasteiger partial charge in [-0.25, -0.2) is 0 Å². The van der Waals surface area contributed by atoms with E-state index in [9.17, 15) is 0 Å². The van der Waals surface area contributed by atoms with Gasteiger partial charge in [0.25, 0.3) is 0 Å². The minimum atomic E-state index is 0.288. The predicted octanol–water partition coefficient (Wildman–Crippen LogP) is 1.24. The van der Waals surface area contributed by atoms with Crippen molar-refractivity contribution in [3.8, 4) is 0 Å². The maximum absolute atomic E-state index is 5.96. The Balaban J connectivity index is 1.80. The lowest BCUT2D eigenvalue weighted by Gasteiger charge is -2.31. The molecule has 1 aliphatic carbocycles. The Hall–Kier alpha value is -0.160. The molecular formula is C14H28N2O2. The SMILES string of the molecule is COCCN(CC1CCC(CN)O1)C(C)C1CC1. The highest BCUT2D eigenvalue weighted by Crippen LogP contribution is 2.35. The second kappa shape index (κ2) is 6.85. The first-order chi connectivity index (χ1) is 8.74. The molecule has 0 spiro atoms. The summed E-state index contributed by atoms with van der Waals surface area (Å²) < 4.78 is 11.2. The van der Waals surface area contributed by atoms with Crippen LogP contribution >= 0.6 is 0 Å². The number of ether oxygens (including phenoxy) is 2. The van der Waals surface area contributed by atoms with Gasteiger partial charge in [0.15, 0.2) is 0 Å². The van der Waals surface area contributed by atoms with Crippen molar-refractivity contribution in [1.29, 1.82) is 0 Å². The summed E-state index contributed by atoms with van der Waals surface area (Å²) in [5.41, 5.74) is 5.67. The molecule has 0 bridgehead atoms. The number of rotatable bonds is 8. The summed E-state index contributed by atoms with van der Waals surface area (Å²) in [6.07, 6.45) is 5.72. The van der Waals surface area contributed by atoms with E-state index in [0.717, 1.165) is 38.5 Å². The number of nitrogens with zero attached hydrogens (tertiary/aromatic N) is 1. The molecule has 2 N–H and O–H groups in total. The van der Waals surface area contributed by atoms with Gasteiger partial charge in [-0.05, 0) is 38.5 Å². The van der Waals surface area contributed by atoms with Gasteiger partial charge in [0.05, 0.1) is 18.8 Å². The zero-order chi connectivity index (χ0) is 13.0. The zero-order valence-electron chi connectivity index (χ0n) is 11.8. The van der Waals surface area contributed by atoms with Crippen LogP contribution in [0.1, 0.15) is 32.6 Å². The van der Waals surface area contributed by atoms with Crippen molar-refractivity contribution < 1.29 is 9.47 Å². The molecule has 18 heavy (non-hydrogen) atoms. The monoisotopic (exact) mass is 256 g/mol. The van der Waals surface area contributed by atoms with Crippen LogP contribution < -0.4 is 5.73 Å². The fraction of sp³-hybridized carbons (Fsp3) is 1.00. The van der Waals surface area contributed by atoms with Crippen LogP contribution in [0.2, 0.25) is 0 Å². The highest BCUT2D eigenvalue weighted by Gasteiger charge is 2.34. The molecule has 2 fully saturated rings. The molecule has 1 heterocycles. The minimum Gasteiger partial charge on any atom is -0.383 e. The third-order valence-electron chi connectivity index (χ3n) is 4.36. The van der Waals surface area contributed by atoms with E-state index >= 15 is 0 Å². The van der Waals surface area contributed by atoms with Crippen LogP contribution in [0, 0.1) is 5.92 Å². The Kier molecular flexibility index (Phi) is 5.42. The van der Waals surface area contributed by atoms with Crippen molar-refractivity contribution in [2.24, 2.45) is 11.7 Å². The van der Waals surface area contributed by atoms with Crippen molar-refractivity contribution >= 4 is 0 Å². The van der Waals surface area contributed by atoms with Gasteiger partial charge >= 0.3 is 0 Å². The normalized spacial score (nSPS) is 30.0. The molecule has 0 aromatic rings. The average Bonchev–Trinajstić information content (AvgIpc) is 3.14. The lowest BCUT2D eigenvalue weighted by molar-refractivity contribution is 0.0104. The Labute approximate surface area is 111 Å². The molecule has 3 atom stereocenters. The number of nitrogens with two attached hydrogens (primary N) is 1. The first-order valence-electron chi connectivity index (χ1n) is 7.33. The van der Waals surface area contributed by atoms with Crippen LogP contribution in [0.4, 0.5) is 0 Å². The number of hydrogen-bond donors (Lipinski definition) is 1. The molecule has 0 aromatic heterocycles. The van der Waals surface area contributed by atoms with Crippen LogP contribution in [-0.2, 0) is 9.47 Å². The van der Waals surface area contributed by atoms with Crippen molar-refractivity contribution in [3.63, 3.8) is 0 Å². The summed E-state index contributed by atoms with van der Waals surface area (Å²) in [4.78, 5) is 2.55. The van der Waals surface area contributed by atoms with Gasteiger partial charge in [0.1, 0.15) is 0 Å². The van der Waals surface area contributed by atoms with Crippen molar-refractivity contribution in [2.75, 3.05) is 33.4 Å². The Morgan fingerprint density at radius 1 is 1.28 bits per heavy atom. The van der Waals surface area contributed by atoms with E-state index in [1.54, 1.807) is 7.11 Å². The quantitative estimate of drug-likeness (QED) is 0.710. The van der Waals surface area contributed by atoms with Crippen LogP contribution in [0.25, 0.3) is 0 Å². The maximum atomic E-state index is 5.96. The molecule has 1 aliphatic heterocycles. The van der Waals surface area contributed by atoms with Gasteiger partial charge in [-0.15, -0.1) is 0 Å². The van der Waals surface area contributed by atoms with Gasteiger partial charge in [-0.2, -0.15) is 0 Å². The summed E-state index contributed by atoms with van der Waals surface area (Å²) in [5.74, 6) is 0.897. The third-order valence-corrected chi connectivity index (χ3v) is 4.36.